The van der Waals surface area contributed by atoms with Crippen molar-refractivity contribution in [1.82, 2.24) is 15.5 Å². The Kier molecular flexibility index (Phi) is 10.3. The van der Waals surface area contributed by atoms with Gasteiger partial charge in [-0.15, -0.1) is 0 Å². The van der Waals surface area contributed by atoms with Crippen molar-refractivity contribution in [1.29, 1.82) is 0 Å². The van der Waals surface area contributed by atoms with Crippen LogP contribution < -0.4 is 16.4 Å². The molecule has 4 rings (SSSR count). The number of carboxylic acid groups (broad SMARTS) is 1. The molecule has 0 aromatic heterocycles. The van der Waals surface area contributed by atoms with Crippen molar-refractivity contribution < 1.29 is 34.5 Å². The van der Waals surface area contributed by atoms with E-state index in [2.05, 4.69) is 10.6 Å². The highest BCUT2D eigenvalue weighted by Gasteiger charge is 2.38. The van der Waals surface area contributed by atoms with Crippen LogP contribution in [0.3, 0.4) is 0 Å². The fourth-order valence-corrected chi connectivity index (χ4v) is 5.16. The van der Waals surface area contributed by atoms with Crippen LogP contribution in [-0.2, 0) is 38.4 Å². The minimum Gasteiger partial charge on any atom is -0.508 e. The van der Waals surface area contributed by atoms with Gasteiger partial charge in [-0.3, -0.25) is 14.4 Å². The molecule has 0 bridgehead atoms. The number of nitrogens with zero attached hydrogens (tertiary/aromatic N) is 1. The van der Waals surface area contributed by atoms with Crippen molar-refractivity contribution in [2.24, 2.45) is 5.73 Å². The van der Waals surface area contributed by atoms with Gasteiger partial charge >= 0.3 is 5.97 Å². The van der Waals surface area contributed by atoms with E-state index < -0.39 is 47.9 Å². The van der Waals surface area contributed by atoms with Crippen LogP contribution in [0.15, 0.2) is 78.9 Å². The van der Waals surface area contributed by atoms with Gasteiger partial charge in [-0.2, -0.15) is 0 Å². The van der Waals surface area contributed by atoms with Crippen molar-refractivity contribution in [3.05, 3.63) is 95.6 Å². The SMILES string of the molecule is N[C@@H](Cc1ccc(O)cc1)C(=O)N1CCC[C@H]1C(=O)N[C@@H](Cc1ccc(O)cc1)C(=O)N[C@@H](Cc1ccccc1)C(=O)O. The van der Waals surface area contributed by atoms with E-state index in [4.69, 9.17) is 5.73 Å². The number of nitrogens with one attached hydrogen (secondary N) is 2. The van der Waals surface area contributed by atoms with Crippen molar-refractivity contribution in [2.45, 2.75) is 56.3 Å². The highest BCUT2D eigenvalue weighted by atomic mass is 16.4. The van der Waals surface area contributed by atoms with Crippen LogP contribution in [0, 0.1) is 0 Å². The second-order valence-electron chi connectivity index (χ2n) is 10.7. The van der Waals surface area contributed by atoms with Gasteiger partial charge in [-0.1, -0.05) is 54.6 Å². The summed E-state index contributed by atoms with van der Waals surface area (Å²) in [5.74, 6) is -2.73. The van der Waals surface area contributed by atoms with Gasteiger partial charge in [-0.25, -0.2) is 4.79 Å². The Labute approximate surface area is 249 Å². The summed E-state index contributed by atoms with van der Waals surface area (Å²) in [4.78, 5) is 53.7. The summed E-state index contributed by atoms with van der Waals surface area (Å²) in [6, 6.07) is 17.2. The van der Waals surface area contributed by atoms with Crippen molar-refractivity contribution in [2.75, 3.05) is 6.54 Å². The van der Waals surface area contributed by atoms with Crippen LogP contribution in [-0.4, -0.2) is 74.6 Å². The van der Waals surface area contributed by atoms with Gasteiger partial charge in [-0.05, 0) is 60.2 Å². The number of aliphatic carboxylic acids is 1. The van der Waals surface area contributed by atoms with Crippen LogP contribution in [0.1, 0.15) is 29.5 Å². The highest BCUT2D eigenvalue weighted by Crippen LogP contribution is 2.21. The molecular formula is C32H36N4O7. The lowest BCUT2D eigenvalue weighted by molar-refractivity contribution is -0.143. The summed E-state index contributed by atoms with van der Waals surface area (Å²) < 4.78 is 0. The van der Waals surface area contributed by atoms with Gasteiger partial charge in [0.05, 0.1) is 6.04 Å². The molecule has 3 aromatic carbocycles. The van der Waals surface area contributed by atoms with Crippen LogP contribution in [0.5, 0.6) is 11.5 Å². The second kappa shape index (κ2) is 14.3. The van der Waals surface area contributed by atoms with E-state index >= 15 is 0 Å². The summed E-state index contributed by atoms with van der Waals surface area (Å²) in [5.41, 5.74) is 8.32. The smallest absolute Gasteiger partial charge is 0.326 e. The molecule has 0 saturated carbocycles. The summed E-state index contributed by atoms with van der Waals surface area (Å²) >= 11 is 0. The Morgan fingerprint density at radius 1 is 0.767 bits per heavy atom. The fraction of sp³-hybridized carbons (Fsp3) is 0.312. The first kappa shape index (κ1) is 31.0. The van der Waals surface area contributed by atoms with Gasteiger partial charge in [0.25, 0.3) is 0 Å². The molecule has 11 heteroatoms. The topological polar surface area (TPSA) is 182 Å². The Balaban J connectivity index is 1.48. The summed E-state index contributed by atoms with van der Waals surface area (Å²) in [5, 5.41) is 34.3. The van der Waals surface area contributed by atoms with Crippen LogP contribution >= 0.6 is 0 Å². The average Bonchev–Trinajstić information content (AvgIpc) is 3.49. The number of carbonyl (C=O) groups excluding carboxylic acids is 3. The van der Waals surface area contributed by atoms with Crippen molar-refractivity contribution in [3.63, 3.8) is 0 Å². The number of phenols is 2. The van der Waals surface area contributed by atoms with Gasteiger partial charge in [0.15, 0.2) is 0 Å². The first-order valence-corrected chi connectivity index (χ1v) is 14.1. The van der Waals surface area contributed by atoms with Gasteiger partial charge in [0.2, 0.25) is 17.7 Å². The Morgan fingerprint density at radius 2 is 1.30 bits per heavy atom. The number of amides is 3. The maximum atomic E-state index is 13.5. The van der Waals surface area contributed by atoms with Crippen LogP contribution in [0.4, 0.5) is 0 Å². The molecular weight excluding hydrogens is 552 g/mol. The molecule has 0 radical (unpaired) electrons. The molecule has 1 heterocycles. The molecule has 0 unspecified atom stereocenters. The van der Waals surface area contributed by atoms with E-state index in [0.29, 0.717) is 24.9 Å². The Morgan fingerprint density at radius 3 is 1.88 bits per heavy atom. The Hall–Kier alpha value is -4.90. The van der Waals surface area contributed by atoms with E-state index in [-0.39, 0.29) is 30.8 Å². The summed E-state index contributed by atoms with van der Waals surface area (Å²) in [7, 11) is 0. The lowest BCUT2D eigenvalue weighted by atomic mass is 10.0. The number of benzene rings is 3. The predicted molar refractivity (Wildman–Crippen MR) is 158 cm³/mol. The standard InChI is InChI=1S/C32H36N4O7/c33-25(17-21-8-12-23(37)13-9-21)31(41)36-16-4-7-28(36)30(40)34-26(18-22-10-14-24(38)15-11-22)29(39)35-27(32(42)43)19-20-5-2-1-3-6-20/h1-3,5-6,8-15,25-28,37-38H,4,7,16-19,33H2,(H,34,40)(H,35,39)(H,42,43)/t25-,26-,27-,28-/m0/s1. The van der Waals surface area contributed by atoms with Crippen molar-refractivity contribution >= 4 is 23.7 Å². The largest absolute Gasteiger partial charge is 0.508 e. The van der Waals surface area contributed by atoms with E-state index in [1.165, 1.54) is 29.2 Å². The molecule has 7 N–H and O–H groups in total. The number of rotatable bonds is 12. The zero-order valence-electron chi connectivity index (χ0n) is 23.6. The maximum absolute atomic E-state index is 13.5. The number of phenolic OH excluding ortho intramolecular Hbond substituents is 2. The molecule has 1 aliphatic rings. The number of carbonyl (C=O) groups is 4. The number of hydrogen-bond donors (Lipinski definition) is 6. The average molecular weight is 589 g/mol. The highest BCUT2D eigenvalue weighted by molar-refractivity contribution is 5.94. The van der Waals surface area contributed by atoms with Crippen molar-refractivity contribution in [3.8, 4) is 11.5 Å². The number of hydrogen-bond acceptors (Lipinski definition) is 7. The molecule has 226 valence electrons. The molecule has 0 aliphatic carbocycles. The third kappa shape index (κ3) is 8.55. The second-order valence-corrected chi connectivity index (χ2v) is 10.7. The lowest BCUT2D eigenvalue weighted by Gasteiger charge is -2.29. The van der Waals surface area contributed by atoms with Crippen LogP contribution in [0.25, 0.3) is 0 Å². The quantitative estimate of drug-likeness (QED) is 0.184. The Bertz CT molecular complexity index is 1410. The zero-order chi connectivity index (χ0) is 30.9. The molecule has 43 heavy (non-hydrogen) atoms. The monoisotopic (exact) mass is 588 g/mol. The number of aromatic hydroxyl groups is 2. The lowest BCUT2D eigenvalue weighted by Crippen LogP contribution is -2.57. The minimum atomic E-state index is -1.24. The molecule has 1 fully saturated rings. The molecule has 3 aromatic rings. The van der Waals surface area contributed by atoms with E-state index in [1.807, 2.05) is 0 Å². The first-order valence-electron chi connectivity index (χ1n) is 14.1. The molecule has 0 spiro atoms. The van der Waals surface area contributed by atoms with Gasteiger partial charge in [0, 0.05) is 19.4 Å². The number of nitrogens with two attached hydrogens (primary N) is 1. The normalized spacial score (nSPS) is 16.6. The predicted octanol–water partition coefficient (Wildman–Crippen LogP) is 1.50. The van der Waals surface area contributed by atoms with E-state index in [1.54, 1.807) is 54.6 Å². The van der Waals surface area contributed by atoms with Gasteiger partial charge in [0.1, 0.15) is 29.6 Å². The molecule has 1 aliphatic heterocycles. The number of carboxylic acids is 1. The summed E-state index contributed by atoms with van der Waals surface area (Å²) in [6.07, 6.45) is 1.24. The third-order valence-electron chi connectivity index (χ3n) is 7.45. The summed E-state index contributed by atoms with van der Waals surface area (Å²) in [6.45, 7) is 0.327. The minimum absolute atomic E-state index is 0.0244. The first-order chi connectivity index (χ1) is 20.6. The number of likely N-dealkylation sites (tertiary alicyclic amines) is 1. The van der Waals surface area contributed by atoms with Gasteiger partial charge < -0.3 is 36.6 Å². The fourth-order valence-electron chi connectivity index (χ4n) is 5.16. The molecule has 3 amide bonds. The van der Waals surface area contributed by atoms with E-state index in [0.717, 1.165) is 11.1 Å². The maximum Gasteiger partial charge on any atom is 0.326 e. The molecule has 1 saturated heterocycles. The van der Waals surface area contributed by atoms with Crippen LogP contribution in [0.2, 0.25) is 0 Å². The molecule has 11 nitrogen and oxygen atoms in total. The third-order valence-corrected chi connectivity index (χ3v) is 7.45. The van der Waals surface area contributed by atoms with E-state index in [9.17, 15) is 34.5 Å². The molecule has 4 atom stereocenters. The zero-order valence-corrected chi connectivity index (χ0v) is 23.6.